The average Bonchev–Trinajstić information content (AvgIpc) is 2.83. The Morgan fingerprint density at radius 3 is 1.19 bits per heavy atom. The molecule has 188 valence electrons. The van der Waals surface area contributed by atoms with Crippen LogP contribution in [-0.2, 0) is 28.5 Å². The van der Waals surface area contributed by atoms with Crippen LogP contribution in [0.1, 0.15) is 22.3 Å². The lowest BCUT2D eigenvalue weighted by Gasteiger charge is -2.28. The molecule has 0 aliphatic heterocycles. The van der Waals surface area contributed by atoms with Gasteiger partial charge < -0.3 is 0 Å². The van der Waals surface area contributed by atoms with Crippen molar-refractivity contribution < 1.29 is 39.9 Å². The molecule has 36 heavy (non-hydrogen) atoms. The van der Waals surface area contributed by atoms with Gasteiger partial charge in [-0.2, -0.15) is 26.3 Å². The molecule has 0 aromatic heterocycles. The zero-order chi connectivity index (χ0) is 26.4. The number of allylic oxidation sites excluding steroid dienone is 8. The van der Waals surface area contributed by atoms with Gasteiger partial charge in [-0.15, -0.1) is 0 Å². The minimum atomic E-state index is -4.79. The number of hydrogen-bond acceptors (Lipinski definition) is 1. The van der Waals surface area contributed by atoms with Crippen LogP contribution in [-0.4, -0.2) is 5.78 Å². The van der Waals surface area contributed by atoms with Gasteiger partial charge in [0.1, 0.15) is 0 Å². The summed E-state index contributed by atoms with van der Waals surface area (Å²) < 4.78 is 111. The molecule has 0 amide bonds. The summed E-state index contributed by atoms with van der Waals surface area (Å²) in [4.78, 5) is 12.9. The summed E-state index contributed by atoms with van der Waals surface area (Å²) in [5.74, 6) is -2.60. The summed E-state index contributed by atoms with van der Waals surface area (Å²) in [5.41, 5.74) is -8.75. The van der Waals surface area contributed by atoms with Crippen LogP contribution < -0.4 is 0 Å². The Labute approximate surface area is 201 Å². The SMILES string of the molecule is O=C(C1C=CC(F)(c2ccccc2C(F)(F)F)C=C1)C1C=CC(F)(c2ccccc2C(F)(F)F)C=C1. The minimum absolute atomic E-state index is 0.549. The number of ketones is 1. The smallest absolute Gasteiger partial charge is 0.298 e. The van der Waals surface area contributed by atoms with Crippen molar-refractivity contribution in [2.75, 3.05) is 0 Å². The molecule has 0 bridgehead atoms. The molecule has 2 aliphatic carbocycles. The fourth-order valence-electron chi connectivity index (χ4n) is 4.30. The second kappa shape index (κ2) is 8.87. The Balaban J connectivity index is 1.53. The normalized spacial score (nSPS) is 27.9. The summed E-state index contributed by atoms with van der Waals surface area (Å²) in [6, 6.07) is 8.33. The fourth-order valence-corrected chi connectivity index (χ4v) is 4.30. The van der Waals surface area contributed by atoms with Gasteiger partial charge in [0.05, 0.1) is 23.0 Å². The molecule has 0 N–H and O–H groups in total. The highest BCUT2D eigenvalue weighted by Gasteiger charge is 2.43. The van der Waals surface area contributed by atoms with Crippen molar-refractivity contribution >= 4 is 5.78 Å². The Kier molecular flexibility index (Phi) is 6.31. The van der Waals surface area contributed by atoms with E-state index in [0.717, 1.165) is 85.0 Å². The van der Waals surface area contributed by atoms with Crippen molar-refractivity contribution in [3.63, 3.8) is 0 Å². The number of carbonyl (C=O) groups excluding carboxylic acids is 1. The van der Waals surface area contributed by atoms with Gasteiger partial charge in [-0.05, 0) is 36.4 Å². The number of alkyl halides is 8. The Hall–Kier alpha value is -3.49. The van der Waals surface area contributed by atoms with Crippen LogP contribution in [0.25, 0.3) is 0 Å². The number of halogens is 8. The van der Waals surface area contributed by atoms with Crippen molar-refractivity contribution in [1.82, 2.24) is 0 Å². The lowest BCUT2D eigenvalue weighted by Crippen LogP contribution is -2.28. The van der Waals surface area contributed by atoms with Crippen LogP contribution in [0.3, 0.4) is 0 Å². The standard InChI is InChI=1S/C27H18F8O/c28-24(19-5-1-3-7-21(19)26(30,31)32)13-9-17(10-14-24)23(36)18-11-15-25(29,16-12-18)20-6-2-4-8-22(20)27(33,34)35/h1-18H. The molecular weight excluding hydrogens is 492 g/mol. The number of hydrogen-bond donors (Lipinski definition) is 0. The van der Waals surface area contributed by atoms with Crippen LogP contribution in [0, 0.1) is 11.8 Å². The second-order valence-electron chi connectivity index (χ2n) is 8.51. The maximum Gasteiger partial charge on any atom is 0.416 e. The first-order chi connectivity index (χ1) is 16.7. The number of carbonyl (C=O) groups is 1. The van der Waals surface area contributed by atoms with Crippen LogP contribution in [0.2, 0.25) is 0 Å². The highest BCUT2D eigenvalue weighted by atomic mass is 19.4. The van der Waals surface area contributed by atoms with E-state index < -0.39 is 63.6 Å². The molecule has 0 radical (unpaired) electrons. The van der Waals surface area contributed by atoms with Crippen molar-refractivity contribution in [1.29, 1.82) is 0 Å². The summed E-state index contributed by atoms with van der Waals surface area (Å²) in [5, 5.41) is 0. The van der Waals surface area contributed by atoms with Gasteiger partial charge in [-0.25, -0.2) is 8.78 Å². The highest BCUT2D eigenvalue weighted by molar-refractivity contribution is 5.90. The number of Topliss-reactive ketones (excluding diaryl/α,β-unsaturated/α-hetero) is 1. The molecule has 0 saturated carbocycles. The first kappa shape index (κ1) is 25.6. The van der Waals surface area contributed by atoms with Gasteiger partial charge in [-0.1, -0.05) is 60.7 Å². The molecule has 2 aromatic carbocycles. The van der Waals surface area contributed by atoms with E-state index >= 15 is 8.78 Å². The van der Waals surface area contributed by atoms with Gasteiger partial charge in [0.15, 0.2) is 17.1 Å². The Bertz CT molecular complexity index is 1150. The number of rotatable bonds is 4. The Morgan fingerprint density at radius 1 is 0.583 bits per heavy atom. The zero-order valence-corrected chi connectivity index (χ0v) is 18.3. The summed E-state index contributed by atoms with van der Waals surface area (Å²) in [6.07, 6.45) is -1.67. The van der Waals surface area contributed by atoms with Gasteiger partial charge in [0, 0.05) is 11.1 Å². The van der Waals surface area contributed by atoms with Gasteiger partial charge in [-0.3, -0.25) is 4.79 Å². The lowest BCUT2D eigenvalue weighted by atomic mass is 9.79. The summed E-state index contributed by atoms with van der Waals surface area (Å²) in [6.45, 7) is 0. The van der Waals surface area contributed by atoms with E-state index in [1.807, 2.05) is 0 Å². The van der Waals surface area contributed by atoms with E-state index in [1.54, 1.807) is 0 Å². The molecule has 4 rings (SSSR count). The first-order valence-corrected chi connectivity index (χ1v) is 10.8. The third-order valence-corrected chi connectivity index (χ3v) is 6.13. The molecule has 0 spiro atoms. The number of benzene rings is 2. The molecule has 0 unspecified atom stereocenters. The van der Waals surface area contributed by atoms with E-state index in [-0.39, 0.29) is 0 Å². The third-order valence-electron chi connectivity index (χ3n) is 6.13. The molecule has 2 aliphatic rings. The summed E-state index contributed by atoms with van der Waals surface area (Å²) in [7, 11) is 0. The molecule has 0 heterocycles. The van der Waals surface area contributed by atoms with E-state index in [2.05, 4.69) is 0 Å². The highest BCUT2D eigenvalue weighted by Crippen LogP contribution is 2.44. The predicted molar refractivity (Wildman–Crippen MR) is 117 cm³/mol. The van der Waals surface area contributed by atoms with E-state index in [4.69, 9.17) is 0 Å². The zero-order valence-electron chi connectivity index (χ0n) is 18.3. The first-order valence-electron chi connectivity index (χ1n) is 10.8. The van der Waals surface area contributed by atoms with E-state index in [0.29, 0.717) is 0 Å². The predicted octanol–water partition coefficient (Wildman–Crippen LogP) is 7.81. The Morgan fingerprint density at radius 2 is 0.889 bits per heavy atom. The molecule has 0 atom stereocenters. The van der Waals surface area contributed by atoms with Crippen LogP contribution >= 0.6 is 0 Å². The van der Waals surface area contributed by atoms with Crippen molar-refractivity contribution in [2.45, 2.75) is 23.7 Å². The summed E-state index contributed by atoms with van der Waals surface area (Å²) >= 11 is 0. The molecule has 2 aromatic rings. The largest absolute Gasteiger partial charge is 0.416 e. The van der Waals surface area contributed by atoms with Gasteiger partial charge >= 0.3 is 12.4 Å². The average molecular weight is 510 g/mol. The van der Waals surface area contributed by atoms with Gasteiger partial charge in [0.2, 0.25) is 0 Å². The molecule has 0 saturated heterocycles. The van der Waals surface area contributed by atoms with Crippen LogP contribution in [0.5, 0.6) is 0 Å². The molecular formula is C27H18F8O. The fraction of sp³-hybridized carbons (Fsp3) is 0.222. The lowest BCUT2D eigenvalue weighted by molar-refractivity contribution is -0.139. The van der Waals surface area contributed by atoms with Crippen LogP contribution in [0.4, 0.5) is 35.1 Å². The van der Waals surface area contributed by atoms with Crippen molar-refractivity contribution in [3.8, 4) is 0 Å². The maximum absolute atomic E-state index is 15.4. The molecule has 0 fully saturated rings. The second-order valence-corrected chi connectivity index (χ2v) is 8.51. The maximum atomic E-state index is 15.4. The van der Waals surface area contributed by atoms with E-state index in [9.17, 15) is 31.1 Å². The molecule has 9 heteroatoms. The van der Waals surface area contributed by atoms with E-state index in [1.165, 1.54) is 12.1 Å². The van der Waals surface area contributed by atoms with Gasteiger partial charge in [0.25, 0.3) is 0 Å². The van der Waals surface area contributed by atoms with Crippen LogP contribution in [0.15, 0.2) is 97.1 Å². The molecule has 1 nitrogen and oxygen atoms in total. The quantitative estimate of drug-likeness (QED) is 0.303. The topological polar surface area (TPSA) is 17.1 Å². The van der Waals surface area contributed by atoms with Crippen molar-refractivity contribution in [2.24, 2.45) is 11.8 Å². The minimum Gasteiger partial charge on any atom is -0.298 e. The third kappa shape index (κ3) is 4.79. The van der Waals surface area contributed by atoms with Crippen molar-refractivity contribution in [3.05, 3.63) is 119 Å². The monoisotopic (exact) mass is 510 g/mol.